The molecule has 7 heteroatoms. The van der Waals surface area contributed by atoms with Crippen LogP contribution < -0.4 is 5.32 Å². The number of aliphatic hydroxyl groups is 1. The molecule has 22 heavy (non-hydrogen) atoms. The SMILES string of the molecule is Cc1c(Cl)cccc1-n1ccnc1SCC(=O)NCC(C)O. The van der Waals surface area contributed by atoms with Crippen molar-refractivity contribution in [3.8, 4) is 5.69 Å². The lowest BCUT2D eigenvalue weighted by molar-refractivity contribution is -0.118. The molecule has 1 heterocycles. The van der Waals surface area contributed by atoms with E-state index in [0.717, 1.165) is 16.4 Å². The first-order valence-corrected chi connectivity index (χ1v) is 8.21. The first-order chi connectivity index (χ1) is 10.5. The molecule has 0 bridgehead atoms. The summed E-state index contributed by atoms with van der Waals surface area (Å²) in [5.41, 5.74) is 1.90. The summed E-state index contributed by atoms with van der Waals surface area (Å²) in [5.74, 6) is 0.104. The Labute approximate surface area is 138 Å². The lowest BCUT2D eigenvalue weighted by Gasteiger charge is -2.11. The third kappa shape index (κ3) is 4.25. The van der Waals surface area contributed by atoms with E-state index in [1.807, 2.05) is 35.9 Å². The average Bonchev–Trinajstić information content (AvgIpc) is 2.94. The van der Waals surface area contributed by atoms with Gasteiger partial charge in [0.15, 0.2) is 5.16 Å². The molecule has 0 aliphatic carbocycles. The van der Waals surface area contributed by atoms with Crippen LogP contribution in [0.25, 0.3) is 5.69 Å². The average molecular weight is 340 g/mol. The zero-order valence-electron chi connectivity index (χ0n) is 12.4. The van der Waals surface area contributed by atoms with E-state index in [2.05, 4.69) is 10.3 Å². The van der Waals surface area contributed by atoms with E-state index in [9.17, 15) is 4.79 Å². The van der Waals surface area contributed by atoms with Gasteiger partial charge in [-0.05, 0) is 31.5 Å². The molecule has 2 rings (SSSR count). The molecule has 0 saturated carbocycles. The predicted octanol–water partition coefficient (Wildman–Crippen LogP) is 2.42. The molecule has 2 N–H and O–H groups in total. The fraction of sp³-hybridized carbons (Fsp3) is 0.333. The van der Waals surface area contributed by atoms with Crippen LogP contribution in [0.2, 0.25) is 5.02 Å². The van der Waals surface area contributed by atoms with Gasteiger partial charge in [-0.15, -0.1) is 0 Å². The zero-order valence-corrected chi connectivity index (χ0v) is 14.0. The minimum Gasteiger partial charge on any atom is -0.392 e. The van der Waals surface area contributed by atoms with E-state index in [1.165, 1.54) is 11.8 Å². The highest BCUT2D eigenvalue weighted by molar-refractivity contribution is 7.99. The third-order valence-corrected chi connectivity index (χ3v) is 4.41. The van der Waals surface area contributed by atoms with Gasteiger partial charge in [-0.1, -0.05) is 29.4 Å². The molecule has 5 nitrogen and oxygen atoms in total. The lowest BCUT2D eigenvalue weighted by atomic mass is 10.2. The Morgan fingerprint density at radius 2 is 2.32 bits per heavy atom. The first kappa shape index (κ1) is 16.9. The topological polar surface area (TPSA) is 67.2 Å². The van der Waals surface area contributed by atoms with Gasteiger partial charge in [-0.2, -0.15) is 0 Å². The van der Waals surface area contributed by atoms with Crippen molar-refractivity contribution >= 4 is 29.3 Å². The Bertz CT molecular complexity index is 658. The Morgan fingerprint density at radius 1 is 1.55 bits per heavy atom. The highest BCUT2D eigenvalue weighted by Gasteiger charge is 2.11. The second kappa shape index (κ2) is 7.67. The van der Waals surface area contributed by atoms with Gasteiger partial charge in [-0.25, -0.2) is 4.98 Å². The van der Waals surface area contributed by atoms with Crippen molar-refractivity contribution in [3.05, 3.63) is 41.2 Å². The number of aromatic nitrogens is 2. The summed E-state index contributed by atoms with van der Waals surface area (Å²) in [5, 5.41) is 13.2. The number of hydrogen-bond donors (Lipinski definition) is 2. The summed E-state index contributed by atoms with van der Waals surface area (Å²) in [7, 11) is 0. The molecule has 0 aliphatic rings. The Hall–Kier alpha value is -1.50. The Balaban J connectivity index is 2.07. The molecule has 2 aromatic rings. The zero-order chi connectivity index (χ0) is 16.1. The molecular formula is C15H18ClN3O2S. The van der Waals surface area contributed by atoms with Crippen LogP contribution in [-0.4, -0.2) is 39.0 Å². The standard InChI is InChI=1S/C15H18ClN3O2S/c1-10(20)8-18-14(21)9-22-15-17-6-7-19(15)13-5-3-4-12(16)11(13)2/h3-7,10,20H,8-9H2,1-2H3,(H,18,21). The number of hydrogen-bond acceptors (Lipinski definition) is 4. The molecule has 1 amide bonds. The van der Waals surface area contributed by atoms with E-state index in [0.29, 0.717) is 5.02 Å². The molecule has 1 aromatic heterocycles. The molecule has 118 valence electrons. The van der Waals surface area contributed by atoms with Crippen molar-refractivity contribution < 1.29 is 9.90 Å². The van der Waals surface area contributed by atoms with Crippen molar-refractivity contribution in [3.63, 3.8) is 0 Å². The van der Waals surface area contributed by atoms with Crippen LogP contribution in [0.4, 0.5) is 0 Å². The normalized spacial score (nSPS) is 12.2. The number of thioether (sulfide) groups is 1. The van der Waals surface area contributed by atoms with Gasteiger partial charge in [0.1, 0.15) is 0 Å². The van der Waals surface area contributed by atoms with Crippen molar-refractivity contribution in [2.75, 3.05) is 12.3 Å². The summed E-state index contributed by atoms with van der Waals surface area (Å²) in [6.07, 6.45) is 2.98. The largest absolute Gasteiger partial charge is 0.392 e. The number of nitrogens with one attached hydrogen (secondary N) is 1. The van der Waals surface area contributed by atoms with E-state index in [-0.39, 0.29) is 18.2 Å². The summed E-state index contributed by atoms with van der Waals surface area (Å²) in [4.78, 5) is 16.0. The maximum Gasteiger partial charge on any atom is 0.230 e. The van der Waals surface area contributed by atoms with Crippen molar-refractivity contribution in [2.24, 2.45) is 0 Å². The van der Waals surface area contributed by atoms with E-state index < -0.39 is 6.10 Å². The monoisotopic (exact) mass is 339 g/mol. The van der Waals surface area contributed by atoms with E-state index in [4.69, 9.17) is 16.7 Å². The number of rotatable bonds is 6. The van der Waals surface area contributed by atoms with Gasteiger partial charge in [0, 0.05) is 24.0 Å². The quantitative estimate of drug-likeness (QED) is 0.793. The van der Waals surface area contributed by atoms with Crippen molar-refractivity contribution in [1.82, 2.24) is 14.9 Å². The molecule has 1 unspecified atom stereocenters. The second-order valence-electron chi connectivity index (χ2n) is 4.91. The Kier molecular flexibility index (Phi) is 5.88. The fourth-order valence-electron chi connectivity index (χ4n) is 1.88. The van der Waals surface area contributed by atoms with Gasteiger partial charge >= 0.3 is 0 Å². The molecular weight excluding hydrogens is 322 g/mol. The van der Waals surface area contributed by atoms with Crippen LogP contribution in [0.15, 0.2) is 35.7 Å². The maximum absolute atomic E-state index is 11.7. The van der Waals surface area contributed by atoms with Gasteiger partial charge in [-0.3, -0.25) is 9.36 Å². The van der Waals surface area contributed by atoms with Crippen LogP contribution in [0.1, 0.15) is 12.5 Å². The van der Waals surface area contributed by atoms with E-state index in [1.54, 1.807) is 13.1 Å². The lowest BCUT2D eigenvalue weighted by Crippen LogP contribution is -2.31. The van der Waals surface area contributed by atoms with Crippen LogP contribution in [0.3, 0.4) is 0 Å². The Morgan fingerprint density at radius 3 is 3.05 bits per heavy atom. The number of halogens is 1. The highest BCUT2D eigenvalue weighted by Crippen LogP contribution is 2.26. The summed E-state index contributed by atoms with van der Waals surface area (Å²) in [6.45, 7) is 3.82. The molecule has 0 spiro atoms. The number of amides is 1. The highest BCUT2D eigenvalue weighted by atomic mass is 35.5. The summed E-state index contributed by atoms with van der Waals surface area (Å²) in [6, 6.07) is 5.68. The maximum atomic E-state index is 11.7. The number of imidazole rings is 1. The van der Waals surface area contributed by atoms with Crippen LogP contribution in [0, 0.1) is 6.92 Å². The summed E-state index contributed by atoms with van der Waals surface area (Å²) >= 11 is 7.49. The fourth-order valence-corrected chi connectivity index (χ4v) is 2.85. The minimum atomic E-state index is -0.551. The molecule has 1 atom stereocenters. The van der Waals surface area contributed by atoms with Crippen molar-refractivity contribution in [1.29, 1.82) is 0 Å². The van der Waals surface area contributed by atoms with Gasteiger partial charge in [0.05, 0.1) is 17.5 Å². The smallest absolute Gasteiger partial charge is 0.230 e. The number of carbonyl (C=O) groups excluding carboxylic acids is 1. The van der Waals surface area contributed by atoms with Crippen LogP contribution >= 0.6 is 23.4 Å². The van der Waals surface area contributed by atoms with Gasteiger partial charge < -0.3 is 10.4 Å². The van der Waals surface area contributed by atoms with Gasteiger partial charge in [0.2, 0.25) is 5.91 Å². The molecule has 1 aromatic carbocycles. The molecule has 0 fully saturated rings. The first-order valence-electron chi connectivity index (χ1n) is 6.85. The van der Waals surface area contributed by atoms with Gasteiger partial charge in [0.25, 0.3) is 0 Å². The molecule has 0 aliphatic heterocycles. The minimum absolute atomic E-state index is 0.136. The molecule has 0 radical (unpaired) electrons. The third-order valence-electron chi connectivity index (χ3n) is 3.03. The number of nitrogens with zero attached hydrogens (tertiary/aromatic N) is 2. The van der Waals surface area contributed by atoms with Crippen LogP contribution in [0.5, 0.6) is 0 Å². The summed E-state index contributed by atoms with van der Waals surface area (Å²) < 4.78 is 1.91. The van der Waals surface area contributed by atoms with Crippen molar-refractivity contribution in [2.45, 2.75) is 25.1 Å². The second-order valence-corrected chi connectivity index (χ2v) is 6.26. The van der Waals surface area contributed by atoms with E-state index >= 15 is 0 Å². The number of benzene rings is 1. The predicted molar refractivity (Wildman–Crippen MR) is 88.7 cm³/mol. The number of carbonyl (C=O) groups is 1. The number of aliphatic hydroxyl groups excluding tert-OH is 1. The molecule has 0 saturated heterocycles. The van der Waals surface area contributed by atoms with Crippen LogP contribution in [-0.2, 0) is 4.79 Å².